The first-order valence-corrected chi connectivity index (χ1v) is 12.0. The van der Waals surface area contributed by atoms with Crippen molar-refractivity contribution >= 4 is 11.8 Å². The second kappa shape index (κ2) is 10.4. The van der Waals surface area contributed by atoms with Gasteiger partial charge in [0.25, 0.3) is 0 Å². The zero-order valence-corrected chi connectivity index (χ0v) is 21.0. The third-order valence-corrected chi connectivity index (χ3v) is 6.62. The minimum Gasteiger partial charge on any atom is -0.497 e. The summed E-state index contributed by atoms with van der Waals surface area (Å²) in [7, 11) is 3.17. The number of allylic oxidation sites excluding steroid dienone is 3. The highest BCUT2D eigenvalue weighted by atomic mass is 16.5. The molecular formula is C29H33NO5. The number of nitrogens with one attached hydrogen (secondary N) is 1. The number of ether oxygens (including phenoxy) is 3. The molecule has 0 saturated heterocycles. The third-order valence-electron chi connectivity index (χ3n) is 6.62. The highest BCUT2D eigenvalue weighted by Crippen LogP contribution is 2.48. The maximum absolute atomic E-state index is 13.7. The Morgan fingerprint density at radius 3 is 2.46 bits per heavy atom. The van der Waals surface area contributed by atoms with E-state index in [4.69, 9.17) is 14.2 Å². The SMILES string of the molecule is COc1ccc(C2C(C(=O)OCC(C)C)=C(C)NC3=C2C(=O)CC(c2ccccc2)C3)c(OC)c1. The summed E-state index contributed by atoms with van der Waals surface area (Å²) in [6, 6.07) is 15.6. The number of benzene rings is 2. The van der Waals surface area contributed by atoms with Crippen LogP contribution in [0.15, 0.2) is 71.1 Å². The van der Waals surface area contributed by atoms with Crippen molar-refractivity contribution in [3.63, 3.8) is 0 Å². The molecule has 6 nitrogen and oxygen atoms in total. The number of hydrogen-bond acceptors (Lipinski definition) is 6. The Morgan fingerprint density at radius 2 is 1.80 bits per heavy atom. The predicted octanol–water partition coefficient (Wildman–Crippen LogP) is 5.26. The zero-order valence-electron chi connectivity index (χ0n) is 21.0. The van der Waals surface area contributed by atoms with Gasteiger partial charge in [-0.05, 0) is 36.8 Å². The zero-order chi connectivity index (χ0) is 25.1. The lowest BCUT2D eigenvalue weighted by atomic mass is 9.71. The molecule has 2 unspecified atom stereocenters. The van der Waals surface area contributed by atoms with E-state index in [1.54, 1.807) is 20.3 Å². The van der Waals surface area contributed by atoms with Gasteiger partial charge >= 0.3 is 5.97 Å². The molecule has 2 aromatic carbocycles. The molecule has 0 bridgehead atoms. The summed E-state index contributed by atoms with van der Waals surface area (Å²) in [5.74, 6) is 0.489. The van der Waals surface area contributed by atoms with Crippen molar-refractivity contribution in [1.82, 2.24) is 5.32 Å². The fourth-order valence-electron chi connectivity index (χ4n) is 4.96. The molecule has 184 valence electrons. The quantitative estimate of drug-likeness (QED) is 0.551. The van der Waals surface area contributed by atoms with E-state index in [0.717, 1.165) is 16.8 Å². The largest absolute Gasteiger partial charge is 0.497 e. The summed E-state index contributed by atoms with van der Waals surface area (Å²) in [6.45, 7) is 6.16. The standard InChI is InChI=1S/C29H33NO5/c1-17(2)16-35-29(32)26-18(3)30-23-13-20(19-9-7-6-8-10-19)14-24(31)28(23)27(26)22-12-11-21(33-4)15-25(22)34-5/h6-12,15,17,20,27,30H,13-14,16H2,1-5H3. The van der Waals surface area contributed by atoms with Crippen LogP contribution >= 0.6 is 0 Å². The topological polar surface area (TPSA) is 73.9 Å². The van der Waals surface area contributed by atoms with Gasteiger partial charge in [0, 0.05) is 35.0 Å². The van der Waals surface area contributed by atoms with Crippen molar-refractivity contribution in [2.45, 2.75) is 45.4 Å². The summed E-state index contributed by atoms with van der Waals surface area (Å²) in [6.07, 6.45) is 1.07. The molecule has 0 saturated carbocycles. The highest BCUT2D eigenvalue weighted by molar-refractivity contribution is 6.04. The van der Waals surface area contributed by atoms with Crippen LogP contribution in [0.1, 0.15) is 56.6 Å². The smallest absolute Gasteiger partial charge is 0.336 e. The van der Waals surface area contributed by atoms with E-state index < -0.39 is 11.9 Å². The van der Waals surface area contributed by atoms with Gasteiger partial charge in [0.1, 0.15) is 11.5 Å². The van der Waals surface area contributed by atoms with Crippen molar-refractivity contribution in [2.24, 2.45) is 5.92 Å². The number of carbonyl (C=O) groups is 2. The number of hydrogen-bond donors (Lipinski definition) is 1. The first-order valence-electron chi connectivity index (χ1n) is 12.0. The monoisotopic (exact) mass is 475 g/mol. The first kappa shape index (κ1) is 24.6. The van der Waals surface area contributed by atoms with Crippen LogP contribution in [0.3, 0.4) is 0 Å². The van der Waals surface area contributed by atoms with E-state index in [2.05, 4.69) is 17.4 Å². The van der Waals surface area contributed by atoms with Gasteiger partial charge in [-0.1, -0.05) is 50.2 Å². The Morgan fingerprint density at radius 1 is 1.06 bits per heavy atom. The lowest BCUT2D eigenvalue weighted by Gasteiger charge is -2.37. The summed E-state index contributed by atoms with van der Waals surface area (Å²) >= 11 is 0. The van der Waals surface area contributed by atoms with E-state index in [0.29, 0.717) is 47.8 Å². The Labute approximate surface area is 207 Å². The molecule has 1 aliphatic carbocycles. The second-order valence-corrected chi connectivity index (χ2v) is 9.53. The molecule has 0 aromatic heterocycles. The predicted molar refractivity (Wildman–Crippen MR) is 134 cm³/mol. The number of Topliss-reactive ketones (excluding diaryl/α,β-unsaturated/α-hetero) is 1. The van der Waals surface area contributed by atoms with Gasteiger partial charge in [0.05, 0.1) is 32.3 Å². The molecule has 2 atom stereocenters. The summed E-state index contributed by atoms with van der Waals surface area (Å²) in [4.78, 5) is 27.1. The summed E-state index contributed by atoms with van der Waals surface area (Å²) < 4.78 is 16.7. The van der Waals surface area contributed by atoms with E-state index in [1.165, 1.54) is 0 Å². The molecule has 35 heavy (non-hydrogen) atoms. The van der Waals surface area contributed by atoms with Crippen LogP contribution in [0.2, 0.25) is 0 Å². The van der Waals surface area contributed by atoms with E-state index >= 15 is 0 Å². The Balaban J connectivity index is 1.82. The fraction of sp³-hybridized carbons (Fsp3) is 0.379. The molecule has 2 aromatic rings. The molecule has 1 N–H and O–H groups in total. The Hall–Kier alpha value is -3.54. The number of rotatable bonds is 7. The van der Waals surface area contributed by atoms with Crippen LogP contribution in [0.4, 0.5) is 0 Å². The number of ketones is 1. The van der Waals surface area contributed by atoms with Crippen LogP contribution in [0, 0.1) is 5.92 Å². The van der Waals surface area contributed by atoms with Gasteiger partial charge in [-0.25, -0.2) is 4.79 Å². The average molecular weight is 476 g/mol. The molecule has 0 fully saturated rings. The van der Waals surface area contributed by atoms with E-state index in [9.17, 15) is 9.59 Å². The van der Waals surface area contributed by atoms with Gasteiger partial charge in [-0.3, -0.25) is 4.79 Å². The van der Waals surface area contributed by atoms with Crippen molar-refractivity contribution in [3.05, 3.63) is 82.2 Å². The summed E-state index contributed by atoms with van der Waals surface area (Å²) in [5.41, 5.74) is 4.49. The molecule has 0 spiro atoms. The maximum atomic E-state index is 13.7. The Bertz CT molecular complexity index is 1180. The normalized spacial score (nSPS) is 19.9. The van der Waals surface area contributed by atoms with Gasteiger partial charge in [-0.2, -0.15) is 0 Å². The van der Waals surface area contributed by atoms with Crippen molar-refractivity contribution in [3.8, 4) is 11.5 Å². The minimum absolute atomic E-state index is 0.0251. The molecule has 1 aliphatic heterocycles. The van der Waals surface area contributed by atoms with Gasteiger partial charge in [0.15, 0.2) is 5.78 Å². The number of dihydropyridines is 1. The summed E-state index contributed by atoms with van der Waals surface area (Å²) in [5, 5.41) is 3.40. The molecular weight excluding hydrogens is 442 g/mol. The Kier molecular flexibility index (Phi) is 7.29. The number of carbonyl (C=O) groups excluding carboxylic acids is 2. The minimum atomic E-state index is -0.587. The van der Waals surface area contributed by atoms with E-state index in [1.807, 2.05) is 51.1 Å². The molecule has 0 amide bonds. The third kappa shape index (κ3) is 4.97. The van der Waals surface area contributed by atoms with Crippen LogP contribution in [-0.2, 0) is 14.3 Å². The van der Waals surface area contributed by atoms with E-state index in [-0.39, 0.29) is 17.6 Å². The lowest BCUT2D eigenvalue weighted by Crippen LogP contribution is -2.36. The van der Waals surface area contributed by atoms with Crippen molar-refractivity contribution in [2.75, 3.05) is 20.8 Å². The van der Waals surface area contributed by atoms with Crippen LogP contribution in [-0.4, -0.2) is 32.6 Å². The average Bonchev–Trinajstić information content (AvgIpc) is 2.86. The number of esters is 1. The van der Waals surface area contributed by atoms with Crippen LogP contribution < -0.4 is 14.8 Å². The first-order chi connectivity index (χ1) is 16.8. The molecule has 1 heterocycles. The highest BCUT2D eigenvalue weighted by Gasteiger charge is 2.42. The maximum Gasteiger partial charge on any atom is 0.336 e. The molecule has 0 radical (unpaired) electrons. The molecule has 6 heteroatoms. The van der Waals surface area contributed by atoms with Gasteiger partial charge in [-0.15, -0.1) is 0 Å². The second-order valence-electron chi connectivity index (χ2n) is 9.53. The molecule has 4 rings (SSSR count). The van der Waals surface area contributed by atoms with Crippen molar-refractivity contribution < 1.29 is 23.8 Å². The van der Waals surface area contributed by atoms with Gasteiger partial charge in [0.2, 0.25) is 0 Å². The fourth-order valence-corrected chi connectivity index (χ4v) is 4.96. The molecule has 2 aliphatic rings. The van der Waals surface area contributed by atoms with Crippen molar-refractivity contribution in [1.29, 1.82) is 0 Å². The van der Waals surface area contributed by atoms with Gasteiger partial charge < -0.3 is 19.5 Å². The van der Waals surface area contributed by atoms with Crippen LogP contribution in [0.25, 0.3) is 0 Å². The van der Waals surface area contributed by atoms with Crippen LogP contribution in [0.5, 0.6) is 11.5 Å². The lowest BCUT2D eigenvalue weighted by molar-refractivity contribution is -0.140. The number of methoxy groups -OCH3 is 2.